The van der Waals surface area contributed by atoms with Crippen molar-refractivity contribution in [2.75, 3.05) is 26.4 Å². The van der Waals surface area contributed by atoms with Crippen LogP contribution in [0.1, 0.15) is 70.2 Å². The van der Waals surface area contributed by atoms with Gasteiger partial charge in [0.1, 0.15) is 0 Å². The van der Waals surface area contributed by atoms with E-state index in [9.17, 15) is 15.0 Å². The highest BCUT2D eigenvalue weighted by Crippen LogP contribution is 2.53. The summed E-state index contributed by atoms with van der Waals surface area (Å²) >= 11 is 0. The van der Waals surface area contributed by atoms with Crippen molar-refractivity contribution in [3.63, 3.8) is 0 Å². The molecule has 0 saturated heterocycles. The first-order valence-electron chi connectivity index (χ1n) is 9.70. The fraction of sp³-hybridized carbons (Fsp3) is 0.650. The van der Waals surface area contributed by atoms with E-state index in [1.807, 2.05) is 27.7 Å². The molecule has 0 bridgehead atoms. The smallest absolute Gasteiger partial charge is 0.346 e. The van der Waals surface area contributed by atoms with Crippen LogP contribution in [0, 0.1) is 0 Å². The molecule has 0 aliphatic carbocycles. The van der Waals surface area contributed by atoms with Gasteiger partial charge in [-0.25, -0.2) is 4.79 Å². The zero-order valence-corrected chi connectivity index (χ0v) is 16.8. The van der Waals surface area contributed by atoms with Gasteiger partial charge in [-0.2, -0.15) is 0 Å². The summed E-state index contributed by atoms with van der Waals surface area (Å²) in [5.74, 6) is -1.84. The van der Waals surface area contributed by atoms with Crippen LogP contribution < -0.4 is 14.2 Å². The molecule has 0 aliphatic rings. The lowest BCUT2D eigenvalue weighted by atomic mass is 10.1. The minimum Gasteiger partial charge on any atom is -0.503 e. The topological polar surface area (TPSA) is 94.5 Å². The largest absolute Gasteiger partial charge is 0.503 e. The van der Waals surface area contributed by atoms with Crippen LogP contribution in [0.25, 0.3) is 0 Å². The first-order chi connectivity index (χ1) is 13.0. The Morgan fingerprint density at radius 2 is 1.22 bits per heavy atom. The van der Waals surface area contributed by atoms with E-state index in [-0.39, 0.29) is 29.4 Å². The average Bonchev–Trinajstić information content (AvgIpc) is 2.66. The summed E-state index contributed by atoms with van der Waals surface area (Å²) in [6.45, 7) is 8.89. The van der Waals surface area contributed by atoms with Crippen LogP contribution in [0.5, 0.6) is 28.7 Å². The number of hydrogen-bond donors (Lipinski definition) is 2. The van der Waals surface area contributed by atoms with Gasteiger partial charge in [-0.15, -0.1) is 0 Å². The Morgan fingerprint density at radius 3 is 1.74 bits per heavy atom. The molecule has 154 valence electrons. The van der Waals surface area contributed by atoms with E-state index in [2.05, 4.69) is 0 Å². The number of carbonyl (C=O) groups excluding carboxylic acids is 1. The van der Waals surface area contributed by atoms with Crippen molar-refractivity contribution in [3.05, 3.63) is 5.56 Å². The third-order valence-electron chi connectivity index (χ3n) is 3.60. The Balaban J connectivity index is 3.48. The highest BCUT2D eigenvalue weighted by molar-refractivity contribution is 5.99. The van der Waals surface area contributed by atoms with Gasteiger partial charge in [-0.1, -0.05) is 34.1 Å². The van der Waals surface area contributed by atoms with E-state index in [1.54, 1.807) is 0 Å². The van der Waals surface area contributed by atoms with Crippen LogP contribution in [0.4, 0.5) is 0 Å². The van der Waals surface area contributed by atoms with E-state index in [1.165, 1.54) is 0 Å². The lowest BCUT2D eigenvalue weighted by Crippen LogP contribution is -2.13. The maximum Gasteiger partial charge on any atom is 0.346 e. The van der Waals surface area contributed by atoms with Gasteiger partial charge < -0.3 is 29.2 Å². The Labute approximate surface area is 161 Å². The third-order valence-corrected chi connectivity index (χ3v) is 3.60. The van der Waals surface area contributed by atoms with Gasteiger partial charge >= 0.3 is 5.97 Å². The molecule has 1 aromatic carbocycles. The molecule has 0 amide bonds. The molecule has 1 aromatic rings. The molecule has 0 unspecified atom stereocenters. The molecular weight excluding hydrogens is 352 g/mol. The van der Waals surface area contributed by atoms with E-state index < -0.39 is 17.5 Å². The molecule has 0 saturated carbocycles. The van der Waals surface area contributed by atoms with Crippen LogP contribution >= 0.6 is 0 Å². The molecule has 1 rings (SSSR count). The first-order valence-corrected chi connectivity index (χ1v) is 9.70. The molecule has 0 aliphatic heterocycles. The number of phenols is 2. The number of aromatic hydroxyl groups is 2. The van der Waals surface area contributed by atoms with Crippen molar-refractivity contribution in [1.82, 2.24) is 0 Å². The highest BCUT2D eigenvalue weighted by atomic mass is 16.6. The summed E-state index contributed by atoms with van der Waals surface area (Å²) in [4.78, 5) is 12.6. The SMILES string of the molecule is CCCCOC(=O)c1c(O)c(O)c(OCCC)c(OCCC)c1OCCC. The number of carbonyl (C=O) groups is 1. The molecule has 7 nitrogen and oxygen atoms in total. The predicted molar refractivity (Wildman–Crippen MR) is 102 cm³/mol. The molecule has 0 aromatic heterocycles. The van der Waals surface area contributed by atoms with E-state index >= 15 is 0 Å². The minimum atomic E-state index is -0.772. The Hall–Kier alpha value is -2.31. The highest BCUT2D eigenvalue weighted by Gasteiger charge is 2.32. The molecule has 0 heterocycles. The monoisotopic (exact) mass is 384 g/mol. The van der Waals surface area contributed by atoms with Crippen molar-refractivity contribution in [1.29, 1.82) is 0 Å². The molecule has 0 spiro atoms. The van der Waals surface area contributed by atoms with Crippen molar-refractivity contribution in [3.8, 4) is 28.7 Å². The van der Waals surface area contributed by atoms with Gasteiger partial charge in [0.15, 0.2) is 17.1 Å². The average molecular weight is 384 g/mol. The summed E-state index contributed by atoms with van der Waals surface area (Å²) in [6.07, 6.45) is 3.64. The van der Waals surface area contributed by atoms with E-state index in [0.29, 0.717) is 45.5 Å². The molecule has 7 heteroatoms. The van der Waals surface area contributed by atoms with Gasteiger partial charge in [0.2, 0.25) is 17.2 Å². The molecular formula is C20H32O7. The number of phenolic OH excluding ortho intramolecular Hbond substituents is 2. The standard InChI is InChI=1S/C20H32O7/c1-5-9-13-27-20(23)14-15(21)16(22)18(25-11-7-3)19(26-12-8-4)17(14)24-10-6-2/h21-22H,5-13H2,1-4H3. The van der Waals surface area contributed by atoms with Crippen LogP contribution in [0.3, 0.4) is 0 Å². The second-order valence-corrected chi connectivity index (χ2v) is 6.09. The molecule has 2 N–H and O–H groups in total. The van der Waals surface area contributed by atoms with Crippen LogP contribution in [0.15, 0.2) is 0 Å². The molecule has 0 radical (unpaired) electrons. The first kappa shape index (κ1) is 22.7. The molecule has 27 heavy (non-hydrogen) atoms. The Morgan fingerprint density at radius 1 is 0.704 bits per heavy atom. The third kappa shape index (κ3) is 6.12. The van der Waals surface area contributed by atoms with Crippen LogP contribution in [0.2, 0.25) is 0 Å². The zero-order valence-electron chi connectivity index (χ0n) is 16.8. The van der Waals surface area contributed by atoms with Crippen molar-refractivity contribution in [2.24, 2.45) is 0 Å². The van der Waals surface area contributed by atoms with Gasteiger partial charge in [0.25, 0.3) is 0 Å². The Bertz CT molecular complexity index is 599. The predicted octanol–water partition coefficient (Wildman–Crippen LogP) is 4.42. The minimum absolute atomic E-state index is 0.0287. The maximum atomic E-state index is 12.6. The quantitative estimate of drug-likeness (QED) is 0.295. The van der Waals surface area contributed by atoms with Crippen LogP contribution in [-0.2, 0) is 4.74 Å². The summed E-state index contributed by atoms with van der Waals surface area (Å²) in [5.41, 5.74) is -0.244. The molecule has 0 fully saturated rings. The molecule has 0 atom stereocenters. The van der Waals surface area contributed by atoms with Crippen molar-refractivity contribution in [2.45, 2.75) is 59.8 Å². The fourth-order valence-electron chi connectivity index (χ4n) is 2.24. The normalized spacial score (nSPS) is 10.5. The number of ether oxygens (including phenoxy) is 4. The number of hydrogen-bond acceptors (Lipinski definition) is 7. The summed E-state index contributed by atoms with van der Waals surface area (Å²) in [6, 6.07) is 0. The zero-order chi connectivity index (χ0) is 20.2. The van der Waals surface area contributed by atoms with Gasteiger partial charge in [0, 0.05) is 0 Å². The fourth-order valence-corrected chi connectivity index (χ4v) is 2.24. The summed E-state index contributed by atoms with van der Waals surface area (Å²) in [5, 5.41) is 20.9. The van der Waals surface area contributed by atoms with E-state index in [4.69, 9.17) is 18.9 Å². The van der Waals surface area contributed by atoms with Gasteiger partial charge in [-0.05, 0) is 25.7 Å². The maximum absolute atomic E-state index is 12.6. The lowest BCUT2D eigenvalue weighted by molar-refractivity contribution is 0.0489. The second kappa shape index (κ2) is 12.1. The Kier molecular flexibility index (Phi) is 10.2. The summed E-state index contributed by atoms with van der Waals surface area (Å²) < 4.78 is 22.3. The van der Waals surface area contributed by atoms with Crippen molar-refractivity contribution < 1.29 is 34.0 Å². The number of benzene rings is 1. The van der Waals surface area contributed by atoms with Gasteiger partial charge in [0.05, 0.1) is 26.4 Å². The number of unbranched alkanes of at least 4 members (excludes halogenated alkanes) is 1. The van der Waals surface area contributed by atoms with Crippen LogP contribution in [-0.4, -0.2) is 42.6 Å². The second-order valence-electron chi connectivity index (χ2n) is 6.09. The lowest BCUT2D eigenvalue weighted by Gasteiger charge is -2.21. The summed E-state index contributed by atoms with van der Waals surface area (Å²) in [7, 11) is 0. The van der Waals surface area contributed by atoms with Gasteiger partial charge in [-0.3, -0.25) is 0 Å². The van der Waals surface area contributed by atoms with Crippen molar-refractivity contribution >= 4 is 5.97 Å². The van der Waals surface area contributed by atoms with E-state index in [0.717, 1.165) is 6.42 Å². The number of rotatable bonds is 13. The number of esters is 1.